The number of nitrogens with zero attached hydrogens (tertiary/aromatic N) is 1. The van der Waals surface area contributed by atoms with Crippen LogP contribution < -0.4 is 5.73 Å². The van der Waals surface area contributed by atoms with E-state index < -0.39 is 11.7 Å². The summed E-state index contributed by atoms with van der Waals surface area (Å²) in [6.45, 7) is 7.02. The first-order valence-electron chi connectivity index (χ1n) is 6.19. The molecule has 17 heavy (non-hydrogen) atoms. The van der Waals surface area contributed by atoms with Crippen molar-refractivity contribution in [2.45, 2.75) is 45.3 Å². The van der Waals surface area contributed by atoms with E-state index in [0.717, 1.165) is 12.8 Å². The fourth-order valence-electron chi connectivity index (χ4n) is 2.01. The molecule has 2 atom stereocenters. The van der Waals surface area contributed by atoms with Gasteiger partial charge in [-0.05, 0) is 33.6 Å². The van der Waals surface area contributed by atoms with Crippen LogP contribution in [0.25, 0.3) is 0 Å². The minimum absolute atomic E-state index is 0.0706. The number of amides is 1. The van der Waals surface area contributed by atoms with Crippen LogP contribution in [0.4, 0.5) is 4.79 Å². The second-order valence-corrected chi connectivity index (χ2v) is 5.63. The van der Waals surface area contributed by atoms with E-state index in [1.54, 1.807) is 4.90 Å². The number of carbonyl (C=O) groups is 1. The molecule has 5 heteroatoms. The molecule has 0 aromatic carbocycles. The Morgan fingerprint density at radius 3 is 2.76 bits per heavy atom. The minimum Gasteiger partial charge on any atom is -0.444 e. The highest BCUT2D eigenvalue weighted by Crippen LogP contribution is 2.21. The fourth-order valence-corrected chi connectivity index (χ4v) is 2.01. The molecule has 0 aliphatic carbocycles. The minimum atomic E-state index is -0.528. The summed E-state index contributed by atoms with van der Waals surface area (Å²) in [5.74, 6) is 0.0706. The van der Waals surface area contributed by atoms with Crippen molar-refractivity contribution < 1.29 is 14.6 Å². The van der Waals surface area contributed by atoms with E-state index in [2.05, 4.69) is 0 Å². The molecule has 1 aliphatic heterocycles. The number of nitrogens with two attached hydrogens (primary N) is 1. The van der Waals surface area contributed by atoms with Crippen LogP contribution in [-0.2, 0) is 4.74 Å². The number of piperidine rings is 1. The number of rotatable bonds is 2. The number of hydrogen-bond donors (Lipinski definition) is 2. The molecule has 0 saturated carbocycles. The molecule has 1 amide bonds. The van der Waals surface area contributed by atoms with Crippen LogP contribution in [0.3, 0.4) is 0 Å². The first-order chi connectivity index (χ1) is 7.83. The van der Waals surface area contributed by atoms with E-state index in [4.69, 9.17) is 10.5 Å². The second-order valence-electron chi connectivity index (χ2n) is 5.63. The van der Waals surface area contributed by atoms with E-state index in [0.29, 0.717) is 13.1 Å². The van der Waals surface area contributed by atoms with Gasteiger partial charge in [0.25, 0.3) is 0 Å². The van der Waals surface area contributed by atoms with Gasteiger partial charge in [-0.15, -0.1) is 0 Å². The molecule has 1 saturated heterocycles. The highest BCUT2D eigenvalue weighted by Gasteiger charge is 2.30. The maximum Gasteiger partial charge on any atom is 0.410 e. The molecule has 0 bridgehead atoms. The number of carbonyl (C=O) groups excluding carboxylic acids is 1. The second kappa shape index (κ2) is 5.69. The number of likely N-dealkylation sites (tertiary alicyclic amines) is 1. The fraction of sp³-hybridized carbons (Fsp3) is 0.917. The Morgan fingerprint density at radius 2 is 2.24 bits per heavy atom. The van der Waals surface area contributed by atoms with Crippen molar-refractivity contribution >= 4 is 6.09 Å². The molecule has 0 radical (unpaired) electrons. The lowest BCUT2D eigenvalue weighted by molar-refractivity contribution is 0.00414. The van der Waals surface area contributed by atoms with Gasteiger partial charge in [0, 0.05) is 25.6 Å². The highest BCUT2D eigenvalue weighted by atomic mass is 16.6. The van der Waals surface area contributed by atoms with Crippen LogP contribution in [0, 0.1) is 5.92 Å². The Labute approximate surface area is 103 Å². The summed E-state index contributed by atoms with van der Waals surface area (Å²) in [5, 5.41) is 9.71. The van der Waals surface area contributed by atoms with Gasteiger partial charge in [0.05, 0.1) is 6.10 Å². The maximum absolute atomic E-state index is 11.9. The van der Waals surface area contributed by atoms with Crippen molar-refractivity contribution in [3.63, 3.8) is 0 Å². The third kappa shape index (κ3) is 4.52. The Morgan fingerprint density at radius 1 is 1.59 bits per heavy atom. The predicted molar refractivity (Wildman–Crippen MR) is 65.6 cm³/mol. The number of aliphatic hydroxyl groups is 1. The summed E-state index contributed by atoms with van der Waals surface area (Å²) >= 11 is 0. The largest absolute Gasteiger partial charge is 0.444 e. The average molecular weight is 244 g/mol. The number of aliphatic hydroxyl groups excluding tert-OH is 1. The van der Waals surface area contributed by atoms with Gasteiger partial charge in [-0.25, -0.2) is 4.79 Å². The van der Waals surface area contributed by atoms with Crippen LogP contribution in [0.15, 0.2) is 0 Å². The molecular weight excluding hydrogens is 220 g/mol. The van der Waals surface area contributed by atoms with Gasteiger partial charge in [-0.2, -0.15) is 0 Å². The van der Waals surface area contributed by atoms with Gasteiger partial charge in [0.1, 0.15) is 5.60 Å². The quantitative estimate of drug-likeness (QED) is 0.758. The molecule has 1 heterocycles. The molecule has 0 spiro atoms. The molecule has 0 aromatic heterocycles. The Hall–Kier alpha value is -0.810. The molecule has 1 unspecified atom stereocenters. The first kappa shape index (κ1) is 14.3. The summed E-state index contributed by atoms with van der Waals surface area (Å²) in [5.41, 5.74) is 4.97. The normalized spacial score (nSPS) is 23.4. The lowest BCUT2D eigenvalue weighted by Gasteiger charge is -2.35. The molecular formula is C12H24N2O3. The van der Waals surface area contributed by atoms with Gasteiger partial charge in [0.2, 0.25) is 0 Å². The topological polar surface area (TPSA) is 75.8 Å². The van der Waals surface area contributed by atoms with Crippen LogP contribution in [0.1, 0.15) is 33.6 Å². The van der Waals surface area contributed by atoms with E-state index in [1.165, 1.54) is 0 Å². The van der Waals surface area contributed by atoms with Crippen LogP contribution in [0.2, 0.25) is 0 Å². The zero-order valence-corrected chi connectivity index (χ0v) is 11.0. The zero-order valence-electron chi connectivity index (χ0n) is 11.0. The van der Waals surface area contributed by atoms with Crippen molar-refractivity contribution in [1.82, 2.24) is 4.90 Å². The van der Waals surface area contributed by atoms with Crippen molar-refractivity contribution in [1.29, 1.82) is 0 Å². The molecule has 1 rings (SSSR count). The molecule has 3 N–H and O–H groups in total. The van der Waals surface area contributed by atoms with Gasteiger partial charge in [-0.1, -0.05) is 0 Å². The van der Waals surface area contributed by atoms with E-state index in [1.807, 2.05) is 20.8 Å². The standard InChI is InChI=1S/C12H24N2O3/c1-12(2,3)17-11(16)14-6-4-5-9(8-14)10(15)7-13/h9-10,15H,4-8,13H2,1-3H3/t9?,10-/m1/s1. The summed E-state index contributed by atoms with van der Waals surface area (Å²) in [6, 6.07) is 0. The van der Waals surface area contributed by atoms with Gasteiger partial charge >= 0.3 is 6.09 Å². The maximum atomic E-state index is 11.9. The van der Waals surface area contributed by atoms with Crippen molar-refractivity contribution in [2.24, 2.45) is 11.7 Å². The third-order valence-corrected chi connectivity index (χ3v) is 2.90. The Balaban J connectivity index is 2.52. The smallest absolute Gasteiger partial charge is 0.410 e. The summed E-state index contributed by atoms with van der Waals surface area (Å²) in [7, 11) is 0. The zero-order chi connectivity index (χ0) is 13.1. The van der Waals surface area contributed by atoms with E-state index >= 15 is 0 Å². The van der Waals surface area contributed by atoms with Crippen LogP contribution in [-0.4, -0.2) is 47.4 Å². The van der Waals surface area contributed by atoms with Crippen molar-refractivity contribution in [2.75, 3.05) is 19.6 Å². The first-order valence-corrected chi connectivity index (χ1v) is 6.19. The predicted octanol–water partition coefficient (Wildman–Crippen LogP) is 0.953. The van der Waals surface area contributed by atoms with Gasteiger partial charge in [0.15, 0.2) is 0 Å². The lowest BCUT2D eigenvalue weighted by Crippen LogP contribution is -2.46. The number of hydrogen-bond acceptors (Lipinski definition) is 4. The highest BCUT2D eigenvalue weighted by molar-refractivity contribution is 5.68. The van der Waals surface area contributed by atoms with Crippen LogP contribution >= 0.6 is 0 Å². The summed E-state index contributed by atoms with van der Waals surface area (Å²) in [6.07, 6.45) is 0.977. The lowest BCUT2D eigenvalue weighted by atomic mass is 9.93. The average Bonchev–Trinajstić information content (AvgIpc) is 2.26. The number of ether oxygens (including phenoxy) is 1. The molecule has 5 nitrogen and oxygen atoms in total. The Bertz CT molecular complexity index is 263. The third-order valence-electron chi connectivity index (χ3n) is 2.90. The van der Waals surface area contributed by atoms with Crippen molar-refractivity contribution in [3.05, 3.63) is 0 Å². The van der Waals surface area contributed by atoms with E-state index in [9.17, 15) is 9.90 Å². The molecule has 100 valence electrons. The van der Waals surface area contributed by atoms with Gasteiger partial charge in [-0.3, -0.25) is 0 Å². The summed E-state index contributed by atoms with van der Waals surface area (Å²) in [4.78, 5) is 13.5. The van der Waals surface area contributed by atoms with E-state index in [-0.39, 0.29) is 18.6 Å². The molecule has 1 aliphatic rings. The summed E-state index contributed by atoms with van der Waals surface area (Å²) < 4.78 is 5.31. The molecule has 0 aromatic rings. The SMILES string of the molecule is CC(C)(C)OC(=O)N1CCCC([C@H](O)CN)C1. The Kier molecular flexibility index (Phi) is 4.77. The van der Waals surface area contributed by atoms with Gasteiger partial charge < -0.3 is 20.5 Å². The molecule has 1 fully saturated rings. The van der Waals surface area contributed by atoms with Crippen LogP contribution in [0.5, 0.6) is 0 Å². The van der Waals surface area contributed by atoms with Crippen molar-refractivity contribution in [3.8, 4) is 0 Å². The monoisotopic (exact) mass is 244 g/mol.